The summed E-state index contributed by atoms with van der Waals surface area (Å²) < 4.78 is 12.7. The molecule has 0 bridgehead atoms. The van der Waals surface area contributed by atoms with Gasteiger partial charge in [-0.1, -0.05) is 41.6 Å². The number of tetrazole rings is 1. The molecule has 11 heteroatoms. The molecule has 3 heterocycles. The highest BCUT2D eigenvalue weighted by atomic mass is 16.7. The van der Waals surface area contributed by atoms with E-state index >= 15 is 0 Å². The van der Waals surface area contributed by atoms with E-state index in [1.54, 1.807) is 32.2 Å². The molecule has 1 N–H and O–H groups in total. The van der Waals surface area contributed by atoms with E-state index in [-0.39, 0.29) is 6.61 Å². The normalized spacial score (nSPS) is 16.1. The van der Waals surface area contributed by atoms with Gasteiger partial charge in [-0.05, 0) is 42.3 Å². The van der Waals surface area contributed by atoms with E-state index in [4.69, 9.17) is 14.3 Å². The summed E-state index contributed by atoms with van der Waals surface area (Å²) in [7, 11) is 1.73. The third-order valence-electron chi connectivity index (χ3n) is 5.00. The number of hydrogen-bond donors (Lipinski definition) is 1. The Morgan fingerprint density at radius 2 is 1.91 bits per heavy atom. The first-order valence-electron chi connectivity index (χ1n) is 10.6. The summed E-state index contributed by atoms with van der Waals surface area (Å²) in [4.78, 5) is 22.7. The number of anilines is 1. The number of ether oxygens (including phenoxy) is 2. The molecule has 3 aromatic rings. The van der Waals surface area contributed by atoms with Gasteiger partial charge in [0.1, 0.15) is 5.82 Å². The Morgan fingerprint density at radius 1 is 1.15 bits per heavy atom. The van der Waals surface area contributed by atoms with Gasteiger partial charge < -0.3 is 19.6 Å². The monoisotopic (exact) mass is 451 g/mol. The van der Waals surface area contributed by atoms with Gasteiger partial charge in [0.05, 0.1) is 18.9 Å². The molecule has 11 nitrogen and oxygen atoms in total. The third-order valence-corrected chi connectivity index (χ3v) is 5.00. The number of aryl methyl sites for hydroxylation is 1. The molecule has 1 aromatic carbocycles. The summed E-state index contributed by atoms with van der Waals surface area (Å²) in [5.41, 5.74) is 1.87. The molecule has 0 saturated carbocycles. The first kappa shape index (κ1) is 22.5. The van der Waals surface area contributed by atoms with Crippen molar-refractivity contribution in [1.29, 1.82) is 0 Å². The third kappa shape index (κ3) is 5.57. The van der Waals surface area contributed by atoms with E-state index in [9.17, 15) is 4.79 Å². The van der Waals surface area contributed by atoms with E-state index in [1.807, 2.05) is 30.3 Å². The van der Waals surface area contributed by atoms with Crippen molar-refractivity contribution in [1.82, 2.24) is 25.2 Å². The maximum Gasteiger partial charge on any atom is 0.285 e. The quantitative estimate of drug-likeness (QED) is 0.427. The maximum absolute atomic E-state index is 12.7. The molecule has 0 unspecified atom stereocenters. The maximum atomic E-state index is 12.7. The first-order valence-corrected chi connectivity index (χ1v) is 10.6. The summed E-state index contributed by atoms with van der Waals surface area (Å²) in [5, 5.41) is 18.6. The van der Waals surface area contributed by atoms with Crippen molar-refractivity contribution in [3.63, 3.8) is 0 Å². The lowest BCUT2D eigenvalue weighted by Gasteiger charge is -2.26. The van der Waals surface area contributed by atoms with Crippen LogP contribution in [0.15, 0.2) is 53.7 Å². The van der Waals surface area contributed by atoms with Gasteiger partial charge in [0.25, 0.3) is 5.91 Å². The Balaban J connectivity index is 1.45. The summed E-state index contributed by atoms with van der Waals surface area (Å²) in [5.74, 6) is -0.923. The van der Waals surface area contributed by atoms with Gasteiger partial charge >= 0.3 is 0 Å². The number of carbonyl (C=O) groups excluding carboxylic acids is 1. The molecule has 0 aliphatic carbocycles. The zero-order valence-electron chi connectivity index (χ0n) is 18.5. The minimum atomic E-state index is -1.34. The van der Waals surface area contributed by atoms with E-state index in [1.165, 1.54) is 4.68 Å². The molecular weight excluding hydrogens is 426 g/mol. The van der Waals surface area contributed by atoms with Crippen LogP contribution in [0, 0.1) is 0 Å². The van der Waals surface area contributed by atoms with Crippen LogP contribution in [0.4, 0.5) is 5.82 Å². The van der Waals surface area contributed by atoms with Crippen molar-refractivity contribution in [2.45, 2.75) is 32.2 Å². The van der Waals surface area contributed by atoms with Crippen LogP contribution in [0.5, 0.6) is 0 Å². The Morgan fingerprint density at radius 3 is 2.61 bits per heavy atom. The van der Waals surface area contributed by atoms with Gasteiger partial charge in [-0.3, -0.25) is 4.79 Å². The highest BCUT2D eigenvalue weighted by Crippen LogP contribution is 2.20. The lowest BCUT2D eigenvalue weighted by Crippen LogP contribution is -2.45. The summed E-state index contributed by atoms with van der Waals surface area (Å²) >= 11 is 0. The fraction of sp³-hybridized carbons (Fsp3) is 0.364. The van der Waals surface area contributed by atoms with E-state index in [2.05, 4.69) is 31.0 Å². The zero-order valence-corrected chi connectivity index (χ0v) is 18.5. The van der Waals surface area contributed by atoms with Gasteiger partial charge in [-0.15, -0.1) is 5.10 Å². The smallest absolute Gasteiger partial charge is 0.285 e. The predicted octanol–water partition coefficient (Wildman–Crippen LogP) is 2.06. The number of pyridine rings is 1. The molecule has 172 valence electrons. The van der Waals surface area contributed by atoms with Crippen molar-refractivity contribution < 1.29 is 19.1 Å². The molecule has 2 aromatic heterocycles. The average molecular weight is 451 g/mol. The lowest BCUT2D eigenvalue weighted by atomic mass is 10.1. The van der Waals surface area contributed by atoms with Crippen LogP contribution < -0.4 is 5.32 Å². The Labute approximate surface area is 190 Å². The van der Waals surface area contributed by atoms with Crippen molar-refractivity contribution in [3.05, 3.63) is 65.6 Å². The second-order valence-corrected chi connectivity index (χ2v) is 7.52. The van der Waals surface area contributed by atoms with Crippen LogP contribution >= 0.6 is 0 Å². The number of aromatic nitrogens is 5. The predicted molar refractivity (Wildman–Crippen MR) is 118 cm³/mol. The van der Waals surface area contributed by atoms with Crippen molar-refractivity contribution in [2.75, 3.05) is 18.5 Å². The molecule has 1 aliphatic heterocycles. The number of benzene rings is 1. The Bertz CT molecular complexity index is 1110. The van der Waals surface area contributed by atoms with Crippen molar-refractivity contribution >= 4 is 17.4 Å². The minimum Gasteiger partial charge on any atom is -0.389 e. The molecule has 0 radical (unpaired) electrons. The van der Waals surface area contributed by atoms with Crippen LogP contribution in [0.1, 0.15) is 36.8 Å². The highest BCUT2D eigenvalue weighted by molar-refractivity contribution is 6.10. The van der Waals surface area contributed by atoms with E-state index < -0.39 is 11.7 Å². The number of nitrogens with zero attached hydrogens (tertiary/aromatic N) is 6. The molecule has 33 heavy (non-hydrogen) atoms. The standard InChI is InChI=1S/C22H25N7O4/c1-22(31-13-6-7-14-32-22)21(30)24-18-12-8-11-17(23-18)15-33-26-19(16-9-4-3-5-10-16)20-25-27-28-29(20)2/h3-5,8-12H,6-7,13-15H2,1-2H3,(H,23,24,30). The number of nitrogens with one attached hydrogen (secondary N) is 1. The highest BCUT2D eigenvalue weighted by Gasteiger charge is 2.37. The van der Waals surface area contributed by atoms with E-state index in [0.717, 1.165) is 18.4 Å². The summed E-state index contributed by atoms with van der Waals surface area (Å²) in [6, 6.07) is 14.7. The average Bonchev–Trinajstić information content (AvgIpc) is 3.11. The SMILES string of the molecule is Cn1nnnc1C(=NOCc1cccc(NC(=O)C2(C)OCCCCO2)n1)c1ccccc1. The Kier molecular flexibility index (Phi) is 7.01. The number of hydrogen-bond acceptors (Lipinski definition) is 9. The van der Waals surface area contributed by atoms with Crippen LogP contribution in [-0.2, 0) is 32.8 Å². The van der Waals surface area contributed by atoms with Crippen LogP contribution in [0.25, 0.3) is 0 Å². The second-order valence-electron chi connectivity index (χ2n) is 7.52. The van der Waals surface area contributed by atoms with E-state index in [0.29, 0.717) is 36.3 Å². The van der Waals surface area contributed by atoms with Crippen LogP contribution in [0.3, 0.4) is 0 Å². The molecule has 1 amide bonds. The van der Waals surface area contributed by atoms with Gasteiger partial charge in [0.2, 0.25) is 11.6 Å². The second kappa shape index (κ2) is 10.3. The van der Waals surface area contributed by atoms with Crippen LogP contribution in [0.2, 0.25) is 0 Å². The molecule has 1 saturated heterocycles. The number of amides is 1. The molecule has 1 aliphatic rings. The number of carbonyl (C=O) groups is 1. The largest absolute Gasteiger partial charge is 0.389 e. The van der Waals surface area contributed by atoms with Gasteiger partial charge in [0, 0.05) is 12.6 Å². The fourth-order valence-electron chi connectivity index (χ4n) is 3.18. The Hall–Kier alpha value is -3.70. The summed E-state index contributed by atoms with van der Waals surface area (Å²) in [6.45, 7) is 2.62. The zero-order chi connectivity index (χ0) is 23.1. The molecule has 4 rings (SSSR count). The molecule has 0 atom stereocenters. The van der Waals surface area contributed by atoms with Gasteiger partial charge in [-0.25, -0.2) is 9.67 Å². The van der Waals surface area contributed by atoms with Gasteiger partial charge in [-0.2, -0.15) is 0 Å². The lowest BCUT2D eigenvalue weighted by molar-refractivity contribution is -0.208. The summed E-state index contributed by atoms with van der Waals surface area (Å²) in [6.07, 6.45) is 1.70. The number of oxime groups is 1. The number of rotatable bonds is 7. The topological polar surface area (TPSA) is 126 Å². The molecule has 0 spiro atoms. The minimum absolute atomic E-state index is 0.0790. The fourth-order valence-corrected chi connectivity index (χ4v) is 3.18. The first-order chi connectivity index (χ1) is 16.0. The molecule has 1 fully saturated rings. The molecular formula is C22H25N7O4. The van der Waals surface area contributed by atoms with Crippen LogP contribution in [-0.4, -0.2) is 55.8 Å². The van der Waals surface area contributed by atoms with Gasteiger partial charge in [0.15, 0.2) is 12.3 Å². The van der Waals surface area contributed by atoms with Crippen molar-refractivity contribution in [3.8, 4) is 0 Å². The van der Waals surface area contributed by atoms with Crippen molar-refractivity contribution in [2.24, 2.45) is 12.2 Å².